The van der Waals surface area contributed by atoms with Gasteiger partial charge < -0.3 is 14.8 Å². The van der Waals surface area contributed by atoms with Gasteiger partial charge in [0.25, 0.3) is 5.91 Å². The molecule has 3 aromatic rings. The number of amides is 2. The van der Waals surface area contributed by atoms with E-state index in [1.807, 2.05) is 7.05 Å². The largest absolute Gasteiger partial charge is 0.340 e. The van der Waals surface area contributed by atoms with E-state index in [4.69, 9.17) is 0 Å². The van der Waals surface area contributed by atoms with Crippen LogP contribution in [0.5, 0.6) is 0 Å². The first-order valence-corrected chi connectivity index (χ1v) is 8.62. The normalized spacial score (nSPS) is 16.9. The summed E-state index contributed by atoms with van der Waals surface area (Å²) in [5.41, 5.74) is 2.53. The number of carbonyl (C=O) groups is 2. The SMILES string of the molecule is Cn1cnc2cc(C(=O)N[C@@H]3CCN(Cc4ccc(F)cc4)C3=O)cnc21. The lowest BCUT2D eigenvalue weighted by molar-refractivity contribution is -0.129. The third kappa shape index (κ3) is 3.38. The van der Waals surface area contributed by atoms with Crippen molar-refractivity contribution in [3.05, 3.63) is 59.8 Å². The van der Waals surface area contributed by atoms with Crippen molar-refractivity contribution < 1.29 is 14.0 Å². The van der Waals surface area contributed by atoms with E-state index in [0.717, 1.165) is 5.56 Å². The molecule has 1 aromatic carbocycles. The number of likely N-dealkylation sites (tertiary alicyclic amines) is 1. The molecule has 2 aromatic heterocycles. The van der Waals surface area contributed by atoms with Crippen molar-refractivity contribution in [3.8, 4) is 0 Å². The summed E-state index contributed by atoms with van der Waals surface area (Å²) in [6, 6.07) is 7.14. The highest BCUT2D eigenvalue weighted by Crippen LogP contribution is 2.17. The fourth-order valence-corrected chi connectivity index (χ4v) is 3.22. The molecule has 1 N–H and O–H groups in total. The predicted molar refractivity (Wildman–Crippen MR) is 96.2 cm³/mol. The summed E-state index contributed by atoms with van der Waals surface area (Å²) in [4.78, 5) is 35.2. The van der Waals surface area contributed by atoms with Gasteiger partial charge in [-0.25, -0.2) is 14.4 Å². The smallest absolute Gasteiger partial charge is 0.253 e. The summed E-state index contributed by atoms with van der Waals surface area (Å²) in [7, 11) is 1.83. The molecule has 2 amide bonds. The van der Waals surface area contributed by atoms with Gasteiger partial charge in [-0.05, 0) is 30.2 Å². The molecule has 3 heterocycles. The zero-order valence-electron chi connectivity index (χ0n) is 14.7. The fourth-order valence-electron chi connectivity index (χ4n) is 3.22. The van der Waals surface area contributed by atoms with Crippen molar-refractivity contribution in [2.45, 2.75) is 19.0 Å². The fraction of sp³-hybridized carbons (Fsp3) is 0.263. The van der Waals surface area contributed by atoms with Gasteiger partial charge in [-0.2, -0.15) is 0 Å². The number of nitrogens with zero attached hydrogens (tertiary/aromatic N) is 4. The zero-order valence-corrected chi connectivity index (χ0v) is 14.7. The first-order chi connectivity index (χ1) is 13.0. The first kappa shape index (κ1) is 17.1. The quantitative estimate of drug-likeness (QED) is 0.760. The average molecular weight is 367 g/mol. The van der Waals surface area contributed by atoms with Crippen LogP contribution in [0.1, 0.15) is 22.3 Å². The highest BCUT2D eigenvalue weighted by atomic mass is 19.1. The van der Waals surface area contributed by atoms with E-state index in [0.29, 0.717) is 36.2 Å². The number of hydrogen-bond acceptors (Lipinski definition) is 4. The van der Waals surface area contributed by atoms with Crippen LogP contribution in [0, 0.1) is 5.82 Å². The summed E-state index contributed by atoms with van der Waals surface area (Å²) >= 11 is 0. The van der Waals surface area contributed by atoms with Crippen LogP contribution < -0.4 is 5.32 Å². The van der Waals surface area contributed by atoms with Gasteiger partial charge in [0.2, 0.25) is 5.91 Å². The number of carbonyl (C=O) groups excluding carboxylic acids is 2. The molecule has 7 nitrogen and oxygen atoms in total. The van der Waals surface area contributed by atoms with Crippen LogP contribution >= 0.6 is 0 Å². The number of imidazole rings is 1. The van der Waals surface area contributed by atoms with Gasteiger partial charge >= 0.3 is 0 Å². The van der Waals surface area contributed by atoms with Gasteiger partial charge in [-0.15, -0.1) is 0 Å². The third-order valence-corrected chi connectivity index (χ3v) is 4.70. The molecule has 8 heteroatoms. The van der Waals surface area contributed by atoms with Gasteiger partial charge in [0, 0.05) is 26.3 Å². The van der Waals surface area contributed by atoms with Gasteiger partial charge in [-0.3, -0.25) is 9.59 Å². The maximum absolute atomic E-state index is 13.0. The highest BCUT2D eigenvalue weighted by molar-refractivity contribution is 5.99. The maximum Gasteiger partial charge on any atom is 0.253 e. The lowest BCUT2D eigenvalue weighted by Crippen LogP contribution is -2.41. The summed E-state index contributed by atoms with van der Waals surface area (Å²) in [5, 5.41) is 2.78. The molecule has 1 atom stereocenters. The lowest BCUT2D eigenvalue weighted by Gasteiger charge is -2.17. The molecule has 0 unspecified atom stereocenters. The van der Waals surface area contributed by atoms with E-state index in [1.54, 1.807) is 34.0 Å². The number of rotatable bonds is 4. The first-order valence-electron chi connectivity index (χ1n) is 8.62. The maximum atomic E-state index is 13.0. The Morgan fingerprint density at radius 2 is 2.07 bits per heavy atom. The number of hydrogen-bond donors (Lipinski definition) is 1. The lowest BCUT2D eigenvalue weighted by atomic mass is 10.2. The molecule has 0 aliphatic carbocycles. The Balaban J connectivity index is 1.42. The summed E-state index contributed by atoms with van der Waals surface area (Å²) in [5.74, 6) is -0.799. The Bertz CT molecular complexity index is 1010. The molecule has 0 bridgehead atoms. The van der Waals surface area contributed by atoms with E-state index < -0.39 is 6.04 Å². The van der Waals surface area contributed by atoms with Gasteiger partial charge in [0.1, 0.15) is 17.4 Å². The van der Waals surface area contributed by atoms with E-state index in [2.05, 4.69) is 15.3 Å². The van der Waals surface area contributed by atoms with Crippen LogP contribution in [-0.2, 0) is 18.4 Å². The molecule has 1 aliphatic heterocycles. The minimum Gasteiger partial charge on any atom is -0.340 e. The molecular formula is C19H18FN5O2. The Kier molecular flexibility index (Phi) is 4.31. The second kappa shape index (κ2) is 6.79. The zero-order chi connectivity index (χ0) is 19.0. The Labute approximate surface area is 154 Å². The van der Waals surface area contributed by atoms with Crippen molar-refractivity contribution in [2.24, 2.45) is 7.05 Å². The molecule has 0 saturated carbocycles. The molecule has 4 rings (SSSR count). The van der Waals surface area contributed by atoms with Crippen LogP contribution in [0.25, 0.3) is 11.2 Å². The average Bonchev–Trinajstić information content (AvgIpc) is 3.20. The monoisotopic (exact) mass is 367 g/mol. The molecular weight excluding hydrogens is 349 g/mol. The van der Waals surface area contributed by atoms with Crippen LogP contribution in [0.3, 0.4) is 0 Å². The van der Waals surface area contributed by atoms with Crippen LogP contribution in [-0.4, -0.2) is 43.8 Å². The Morgan fingerprint density at radius 3 is 2.85 bits per heavy atom. The number of pyridine rings is 1. The minimum atomic E-state index is -0.572. The molecule has 1 fully saturated rings. The molecule has 138 valence electrons. The van der Waals surface area contributed by atoms with Crippen molar-refractivity contribution in [2.75, 3.05) is 6.54 Å². The van der Waals surface area contributed by atoms with Crippen molar-refractivity contribution in [3.63, 3.8) is 0 Å². The topological polar surface area (TPSA) is 80.1 Å². The van der Waals surface area contributed by atoms with E-state index in [1.165, 1.54) is 18.3 Å². The van der Waals surface area contributed by atoms with Gasteiger partial charge in [0.05, 0.1) is 11.9 Å². The predicted octanol–water partition coefficient (Wildman–Crippen LogP) is 1.64. The van der Waals surface area contributed by atoms with Crippen LogP contribution in [0.2, 0.25) is 0 Å². The van der Waals surface area contributed by atoms with Gasteiger partial charge in [0.15, 0.2) is 5.65 Å². The number of aromatic nitrogens is 3. The minimum absolute atomic E-state index is 0.139. The van der Waals surface area contributed by atoms with E-state index in [-0.39, 0.29) is 17.6 Å². The molecule has 27 heavy (non-hydrogen) atoms. The van der Waals surface area contributed by atoms with Gasteiger partial charge in [-0.1, -0.05) is 12.1 Å². The van der Waals surface area contributed by atoms with Crippen molar-refractivity contribution >= 4 is 23.0 Å². The molecule has 0 spiro atoms. The summed E-state index contributed by atoms with van der Waals surface area (Å²) < 4.78 is 14.8. The number of fused-ring (bicyclic) bond motifs is 1. The third-order valence-electron chi connectivity index (χ3n) is 4.70. The molecule has 1 saturated heterocycles. The van der Waals surface area contributed by atoms with E-state index in [9.17, 15) is 14.0 Å². The summed E-state index contributed by atoms with van der Waals surface area (Å²) in [6.07, 6.45) is 3.65. The van der Waals surface area contributed by atoms with Crippen LogP contribution in [0.15, 0.2) is 42.9 Å². The standard InChI is InChI=1S/C19H18FN5O2/c1-24-11-22-16-8-13(9-21-17(16)24)18(26)23-15-6-7-25(19(15)27)10-12-2-4-14(20)5-3-12/h2-5,8-9,11,15H,6-7,10H2,1H3,(H,23,26)/t15-/m1/s1. The van der Waals surface area contributed by atoms with Crippen molar-refractivity contribution in [1.82, 2.24) is 24.8 Å². The number of nitrogens with one attached hydrogen (secondary N) is 1. The second-order valence-corrected chi connectivity index (χ2v) is 6.62. The number of benzene rings is 1. The Morgan fingerprint density at radius 1 is 1.30 bits per heavy atom. The number of halogens is 1. The molecule has 0 radical (unpaired) electrons. The number of aryl methyl sites for hydroxylation is 1. The Hall–Kier alpha value is -3.29. The van der Waals surface area contributed by atoms with Crippen molar-refractivity contribution in [1.29, 1.82) is 0 Å². The molecule has 1 aliphatic rings. The highest BCUT2D eigenvalue weighted by Gasteiger charge is 2.32. The summed E-state index contributed by atoms with van der Waals surface area (Å²) in [6.45, 7) is 0.936. The van der Waals surface area contributed by atoms with E-state index >= 15 is 0 Å². The van der Waals surface area contributed by atoms with Crippen LogP contribution in [0.4, 0.5) is 4.39 Å². The second-order valence-electron chi connectivity index (χ2n) is 6.62.